The molecular weight excluding hydrogens is 444 g/mol. The second kappa shape index (κ2) is 8.37. The summed E-state index contributed by atoms with van der Waals surface area (Å²) in [5.41, 5.74) is 3.66. The number of fused-ring (bicyclic) bond motifs is 1. The van der Waals surface area contributed by atoms with Crippen LogP contribution in [0.15, 0.2) is 34.9 Å². The fourth-order valence-corrected chi connectivity index (χ4v) is 4.17. The van der Waals surface area contributed by atoms with Gasteiger partial charge in [0.05, 0.1) is 29.6 Å². The molecule has 0 bridgehead atoms. The van der Waals surface area contributed by atoms with Crippen molar-refractivity contribution in [3.8, 4) is 17.0 Å². The molecule has 148 valence electrons. The van der Waals surface area contributed by atoms with Gasteiger partial charge in [0.1, 0.15) is 10.9 Å². The van der Waals surface area contributed by atoms with Crippen molar-refractivity contribution in [2.75, 3.05) is 13.7 Å². The van der Waals surface area contributed by atoms with Crippen molar-refractivity contribution in [1.29, 1.82) is 0 Å². The van der Waals surface area contributed by atoms with Crippen LogP contribution < -0.4 is 10.1 Å². The Morgan fingerprint density at radius 2 is 2.18 bits per heavy atom. The minimum atomic E-state index is -0.0922. The summed E-state index contributed by atoms with van der Waals surface area (Å²) >= 11 is 9.76. The summed E-state index contributed by atoms with van der Waals surface area (Å²) in [6.07, 6.45) is 4.56. The highest BCUT2D eigenvalue weighted by Crippen LogP contribution is 2.32. The SMILES string of the molecule is COc1ccc(CNCCC2CC(O)C2)c(-c2cc(Cl)nc3c(Br)cnn23)c1. The molecule has 0 amide bonds. The highest BCUT2D eigenvalue weighted by molar-refractivity contribution is 9.10. The molecule has 1 fully saturated rings. The molecule has 8 heteroatoms. The Kier molecular flexibility index (Phi) is 5.87. The molecule has 28 heavy (non-hydrogen) atoms. The molecule has 0 aliphatic heterocycles. The third kappa shape index (κ3) is 4.03. The predicted octanol–water partition coefficient (Wildman–Crippen LogP) is 4.07. The van der Waals surface area contributed by atoms with Gasteiger partial charge < -0.3 is 15.2 Å². The van der Waals surface area contributed by atoms with Crippen LogP contribution in [0.4, 0.5) is 0 Å². The van der Waals surface area contributed by atoms with Gasteiger partial charge in [-0.1, -0.05) is 17.7 Å². The van der Waals surface area contributed by atoms with Crippen LogP contribution in [0.25, 0.3) is 16.9 Å². The Morgan fingerprint density at radius 1 is 1.36 bits per heavy atom. The Morgan fingerprint density at radius 3 is 2.93 bits per heavy atom. The van der Waals surface area contributed by atoms with E-state index < -0.39 is 0 Å². The number of aromatic nitrogens is 3. The summed E-state index contributed by atoms with van der Waals surface area (Å²) in [4.78, 5) is 4.36. The summed E-state index contributed by atoms with van der Waals surface area (Å²) in [6, 6.07) is 7.84. The summed E-state index contributed by atoms with van der Waals surface area (Å²) in [7, 11) is 1.66. The quantitative estimate of drug-likeness (QED) is 0.406. The van der Waals surface area contributed by atoms with Gasteiger partial charge in [-0.15, -0.1) is 0 Å². The zero-order chi connectivity index (χ0) is 19.7. The van der Waals surface area contributed by atoms with Gasteiger partial charge in [-0.3, -0.25) is 0 Å². The van der Waals surface area contributed by atoms with E-state index in [-0.39, 0.29) is 6.10 Å². The van der Waals surface area contributed by atoms with Crippen LogP contribution in [0.3, 0.4) is 0 Å². The van der Waals surface area contributed by atoms with Gasteiger partial charge in [-0.05, 0) is 65.4 Å². The first-order chi connectivity index (χ1) is 13.5. The van der Waals surface area contributed by atoms with E-state index in [1.165, 1.54) is 0 Å². The van der Waals surface area contributed by atoms with Crippen molar-refractivity contribution in [2.24, 2.45) is 5.92 Å². The molecule has 1 saturated carbocycles. The number of benzene rings is 1. The number of aliphatic hydroxyl groups excluding tert-OH is 1. The number of halogens is 2. The minimum absolute atomic E-state index is 0.0922. The van der Waals surface area contributed by atoms with Gasteiger partial charge >= 0.3 is 0 Å². The molecule has 2 aromatic heterocycles. The van der Waals surface area contributed by atoms with Crippen LogP contribution in [-0.4, -0.2) is 39.5 Å². The van der Waals surface area contributed by atoms with E-state index in [0.717, 1.165) is 59.4 Å². The summed E-state index contributed by atoms with van der Waals surface area (Å²) in [5, 5.41) is 17.8. The van der Waals surface area contributed by atoms with Crippen molar-refractivity contribution in [3.63, 3.8) is 0 Å². The summed E-state index contributed by atoms with van der Waals surface area (Å²) in [6.45, 7) is 1.64. The average Bonchev–Trinajstić information content (AvgIpc) is 3.03. The van der Waals surface area contributed by atoms with E-state index in [2.05, 4.69) is 37.4 Å². The highest BCUT2D eigenvalue weighted by Gasteiger charge is 2.26. The van der Waals surface area contributed by atoms with Crippen LogP contribution in [0, 0.1) is 5.92 Å². The third-order valence-corrected chi connectivity index (χ3v) is 6.00. The number of nitrogens with zero attached hydrogens (tertiary/aromatic N) is 3. The van der Waals surface area contributed by atoms with Crippen LogP contribution >= 0.6 is 27.5 Å². The molecule has 0 unspecified atom stereocenters. The van der Waals surface area contributed by atoms with Gasteiger partial charge in [0.25, 0.3) is 0 Å². The topological polar surface area (TPSA) is 71.7 Å². The Labute approximate surface area is 177 Å². The van der Waals surface area contributed by atoms with Crippen molar-refractivity contribution in [1.82, 2.24) is 19.9 Å². The van der Waals surface area contributed by atoms with Crippen molar-refractivity contribution < 1.29 is 9.84 Å². The summed E-state index contributed by atoms with van der Waals surface area (Å²) < 4.78 is 8.01. The van der Waals surface area contributed by atoms with E-state index in [0.29, 0.717) is 16.7 Å². The Bertz CT molecular complexity index is 988. The van der Waals surface area contributed by atoms with Gasteiger partial charge in [0.2, 0.25) is 0 Å². The zero-order valence-corrected chi connectivity index (χ0v) is 17.9. The van der Waals surface area contributed by atoms with E-state index >= 15 is 0 Å². The minimum Gasteiger partial charge on any atom is -0.497 e. The molecule has 1 aromatic carbocycles. The largest absolute Gasteiger partial charge is 0.497 e. The number of aliphatic hydroxyl groups is 1. The molecule has 2 N–H and O–H groups in total. The highest BCUT2D eigenvalue weighted by atomic mass is 79.9. The molecule has 1 aliphatic rings. The average molecular weight is 466 g/mol. The second-order valence-electron chi connectivity index (χ2n) is 7.17. The molecule has 6 nitrogen and oxygen atoms in total. The standard InChI is InChI=1S/C20H22BrClN4O2/c1-28-15-3-2-13(10-23-5-4-12-6-14(27)7-12)16(8-15)18-9-19(22)25-20-17(21)11-24-26(18)20/h2-3,8-9,11-12,14,23,27H,4-7,10H2,1H3. The lowest BCUT2D eigenvalue weighted by molar-refractivity contribution is 0.0393. The van der Waals surface area contributed by atoms with Crippen LogP contribution in [0.1, 0.15) is 24.8 Å². The number of ether oxygens (including phenoxy) is 1. The Balaban J connectivity index is 1.60. The third-order valence-electron chi connectivity index (χ3n) is 5.25. The molecule has 0 spiro atoms. The first kappa shape index (κ1) is 19.6. The molecule has 0 radical (unpaired) electrons. The molecule has 0 atom stereocenters. The van der Waals surface area contributed by atoms with Crippen LogP contribution in [0.5, 0.6) is 5.75 Å². The first-order valence-corrected chi connectivity index (χ1v) is 10.5. The van der Waals surface area contributed by atoms with Crippen molar-refractivity contribution >= 4 is 33.2 Å². The van der Waals surface area contributed by atoms with Crippen LogP contribution in [-0.2, 0) is 6.54 Å². The first-order valence-electron chi connectivity index (χ1n) is 9.31. The van der Waals surface area contributed by atoms with Crippen LogP contribution in [0.2, 0.25) is 5.15 Å². The molecule has 1 aliphatic carbocycles. The molecule has 0 saturated heterocycles. The van der Waals surface area contributed by atoms with E-state index in [4.69, 9.17) is 16.3 Å². The maximum atomic E-state index is 9.42. The van der Waals surface area contributed by atoms with Crippen molar-refractivity contribution in [3.05, 3.63) is 45.7 Å². The lowest BCUT2D eigenvalue weighted by Gasteiger charge is -2.31. The molecule has 3 aromatic rings. The Hall–Kier alpha value is -1.67. The number of rotatable bonds is 7. The zero-order valence-electron chi connectivity index (χ0n) is 15.5. The van der Waals surface area contributed by atoms with Gasteiger partial charge in [-0.2, -0.15) is 5.10 Å². The number of hydrogen-bond acceptors (Lipinski definition) is 5. The maximum Gasteiger partial charge on any atom is 0.171 e. The fourth-order valence-electron chi connectivity index (χ4n) is 3.64. The molecule has 2 heterocycles. The number of nitrogens with one attached hydrogen (secondary N) is 1. The fraction of sp³-hybridized carbons (Fsp3) is 0.400. The lowest BCUT2D eigenvalue weighted by Crippen LogP contribution is -2.31. The van der Waals surface area contributed by atoms with Gasteiger partial charge in [0.15, 0.2) is 5.65 Å². The number of hydrogen-bond donors (Lipinski definition) is 2. The monoisotopic (exact) mass is 464 g/mol. The summed E-state index contributed by atoms with van der Waals surface area (Å²) in [5.74, 6) is 1.41. The maximum absolute atomic E-state index is 9.42. The van der Waals surface area contributed by atoms with Gasteiger partial charge in [0, 0.05) is 18.2 Å². The molecular formula is C20H22BrClN4O2. The van der Waals surface area contributed by atoms with Crippen molar-refractivity contribution in [2.45, 2.75) is 31.9 Å². The number of methoxy groups -OCH3 is 1. The normalized spacial score (nSPS) is 19.0. The van der Waals surface area contributed by atoms with E-state index in [9.17, 15) is 5.11 Å². The van der Waals surface area contributed by atoms with E-state index in [1.807, 2.05) is 18.2 Å². The molecule has 4 rings (SSSR count). The second-order valence-corrected chi connectivity index (χ2v) is 8.41. The predicted molar refractivity (Wildman–Crippen MR) is 113 cm³/mol. The lowest BCUT2D eigenvalue weighted by atomic mass is 9.80. The van der Waals surface area contributed by atoms with Gasteiger partial charge in [-0.25, -0.2) is 9.50 Å². The smallest absolute Gasteiger partial charge is 0.171 e. The van der Waals surface area contributed by atoms with E-state index in [1.54, 1.807) is 17.8 Å².